The predicted octanol–water partition coefficient (Wildman–Crippen LogP) is 1.81. The molecule has 0 aliphatic carbocycles. The van der Waals surface area contributed by atoms with Crippen molar-refractivity contribution in [1.29, 1.82) is 10.5 Å². The van der Waals surface area contributed by atoms with Crippen molar-refractivity contribution < 1.29 is 13.9 Å². The number of nitrogens with zero attached hydrogens (tertiary/aromatic N) is 4. The number of halogens is 1. The van der Waals surface area contributed by atoms with Gasteiger partial charge in [0, 0.05) is 44.8 Å². The maximum atomic E-state index is 14.0. The summed E-state index contributed by atoms with van der Waals surface area (Å²) in [7, 11) is 0. The molecule has 7 nitrogen and oxygen atoms in total. The van der Waals surface area contributed by atoms with Crippen LogP contribution in [0, 0.1) is 28.5 Å². The van der Waals surface area contributed by atoms with Crippen LogP contribution in [0.3, 0.4) is 0 Å². The Morgan fingerprint density at radius 2 is 1.64 bits per heavy atom. The molecule has 2 aliphatic heterocycles. The van der Waals surface area contributed by atoms with Crippen molar-refractivity contribution in [1.82, 2.24) is 15.1 Å². The average Bonchev–Trinajstić information content (AvgIpc) is 2.81. The van der Waals surface area contributed by atoms with Crippen molar-refractivity contribution in [3.8, 4) is 12.1 Å². The Morgan fingerprint density at radius 3 is 2.27 bits per heavy atom. The maximum Gasteiger partial charge on any atom is 0.234 e. The number of nitriles is 2. The molecule has 2 heterocycles. The normalized spacial score (nSPS) is 20.6. The van der Waals surface area contributed by atoms with E-state index in [1.807, 2.05) is 30.3 Å². The van der Waals surface area contributed by atoms with E-state index in [-0.39, 0.29) is 36.8 Å². The third-order valence-electron chi connectivity index (χ3n) is 6.06. The summed E-state index contributed by atoms with van der Waals surface area (Å²) in [5, 5.41) is 20.5. The molecule has 8 heteroatoms. The average molecular weight is 448 g/mol. The summed E-state index contributed by atoms with van der Waals surface area (Å²) >= 11 is 0. The second-order valence-electron chi connectivity index (χ2n) is 8.59. The second kappa shape index (κ2) is 10.5. The summed E-state index contributed by atoms with van der Waals surface area (Å²) in [6, 6.07) is 16.0. The number of hydrogen-bond acceptors (Lipinski definition) is 6. The largest absolute Gasteiger partial charge is 0.370 e. The summed E-state index contributed by atoms with van der Waals surface area (Å²) in [6.45, 7) is 4.28. The molecule has 2 fully saturated rings. The molecule has 0 saturated carbocycles. The van der Waals surface area contributed by atoms with Crippen molar-refractivity contribution in [2.75, 3.05) is 39.3 Å². The van der Waals surface area contributed by atoms with Crippen molar-refractivity contribution in [3.05, 3.63) is 70.5 Å². The number of amides is 1. The molecule has 0 radical (unpaired) electrons. The lowest BCUT2D eigenvalue weighted by Gasteiger charge is -2.45. The Morgan fingerprint density at radius 1 is 1.00 bits per heavy atom. The van der Waals surface area contributed by atoms with Gasteiger partial charge in [-0.2, -0.15) is 10.5 Å². The van der Waals surface area contributed by atoms with E-state index in [2.05, 4.69) is 21.2 Å². The lowest BCUT2D eigenvalue weighted by atomic mass is 10.1. The first-order valence-electron chi connectivity index (χ1n) is 11.1. The molecule has 2 atom stereocenters. The van der Waals surface area contributed by atoms with E-state index in [1.54, 1.807) is 6.07 Å². The van der Waals surface area contributed by atoms with Gasteiger partial charge in [0.1, 0.15) is 5.82 Å². The fourth-order valence-electron chi connectivity index (χ4n) is 4.42. The molecule has 2 bridgehead atoms. The molecule has 2 saturated heterocycles. The Bertz CT molecular complexity index is 1060. The van der Waals surface area contributed by atoms with Crippen LogP contribution in [0.1, 0.15) is 22.3 Å². The molecule has 2 aromatic rings. The van der Waals surface area contributed by atoms with E-state index < -0.39 is 5.82 Å². The van der Waals surface area contributed by atoms with Crippen LogP contribution < -0.4 is 5.32 Å². The molecule has 4 rings (SSSR count). The summed E-state index contributed by atoms with van der Waals surface area (Å²) in [4.78, 5) is 16.9. The third kappa shape index (κ3) is 6.15. The van der Waals surface area contributed by atoms with Gasteiger partial charge in [-0.25, -0.2) is 4.39 Å². The minimum Gasteiger partial charge on any atom is -0.370 e. The molecule has 170 valence electrons. The maximum absolute atomic E-state index is 14.0. The number of carbonyl (C=O) groups is 1. The number of morpholine rings is 2. The van der Waals surface area contributed by atoms with E-state index in [4.69, 9.17) is 15.3 Å². The summed E-state index contributed by atoms with van der Waals surface area (Å²) in [5.41, 5.74) is 2.50. The molecule has 2 aromatic carbocycles. The van der Waals surface area contributed by atoms with Gasteiger partial charge in [0.15, 0.2) is 0 Å². The van der Waals surface area contributed by atoms with Crippen molar-refractivity contribution >= 4 is 5.91 Å². The first kappa shape index (κ1) is 22.9. The van der Waals surface area contributed by atoms with Gasteiger partial charge in [0.05, 0.1) is 42.0 Å². The van der Waals surface area contributed by atoms with Gasteiger partial charge < -0.3 is 10.1 Å². The fourth-order valence-corrected chi connectivity index (χ4v) is 4.42. The first-order valence-corrected chi connectivity index (χ1v) is 11.1. The van der Waals surface area contributed by atoms with Crippen LogP contribution in [0.25, 0.3) is 0 Å². The summed E-state index contributed by atoms with van der Waals surface area (Å²) in [5.74, 6) is -0.646. The molecule has 1 amide bonds. The minimum absolute atomic E-state index is 0.0576. The number of hydrogen-bond donors (Lipinski definition) is 1. The van der Waals surface area contributed by atoms with Crippen molar-refractivity contribution in [3.63, 3.8) is 0 Å². The van der Waals surface area contributed by atoms with Crippen LogP contribution in [-0.4, -0.2) is 67.2 Å². The summed E-state index contributed by atoms with van der Waals surface area (Å²) < 4.78 is 20.1. The van der Waals surface area contributed by atoms with Gasteiger partial charge in [-0.1, -0.05) is 18.2 Å². The van der Waals surface area contributed by atoms with Crippen LogP contribution in [-0.2, 0) is 22.5 Å². The zero-order valence-electron chi connectivity index (χ0n) is 18.3. The molecule has 33 heavy (non-hydrogen) atoms. The van der Waals surface area contributed by atoms with Crippen LogP contribution >= 0.6 is 0 Å². The van der Waals surface area contributed by atoms with Gasteiger partial charge >= 0.3 is 0 Å². The van der Waals surface area contributed by atoms with E-state index in [9.17, 15) is 9.18 Å². The molecule has 1 N–H and O–H groups in total. The lowest BCUT2D eigenvalue weighted by Crippen LogP contribution is -2.60. The zero-order chi connectivity index (χ0) is 23.2. The number of nitrogens with one attached hydrogen (secondary N) is 1. The van der Waals surface area contributed by atoms with E-state index in [0.717, 1.165) is 26.1 Å². The van der Waals surface area contributed by atoms with Crippen LogP contribution in [0.2, 0.25) is 0 Å². The highest BCUT2D eigenvalue weighted by Crippen LogP contribution is 2.19. The lowest BCUT2D eigenvalue weighted by molar-refractivity contribution is -0.144. The van der Waals surface area contributed by atoms with Gasteiger partial charge in [0.2, 0.25) is 5.91 Å². The number of carbonyl (C=O) groups excluding carboxylic acids is 1. The standard InChI is InChI=1S/C25H26FN5O2/c26-24-9-20(11-28)5-6-21(24)12-29-25(32)17-31-15-22-13-30(14-23(16-31)33-22)8-7-18-1-3-19(10-27)4-2-18/h1-6,9,22-23H,7-8,12-17H2,(H,29,32). The topological polar surface area (TPSA) is 92.4 Å². The summed E-state index contributed by atoms with van der Waals surface area (Å²) in [6.07, 6.45) is 1.04. The van der Waals surface area contributed by atoms with Crippen LogP contribution in [0.15, 0.2) is 42.5 Å². The Balaban J connectivity index is 1.21. The Labute approximate surface area is 193 Å². The van der Waals surface area contributed by atoms with E-state index in [1.165, 1.54) is 17.7 Å². The highest BCUT2D eigenvalue weighted by Gasteiger charge is 2.35. The number of ether oxygens (including phenoxy) is 1. The van der Waals surface area contributed by atoms with Crippen molar-refractivity contribution in [2.24, 2.45) is 0 Å². The number of rotatable bonds is 7. The highest BCUT2D eigenvalue weighted by molar-refractivity contribution is 5.78. The van der Waals surface area contributed by atoms with E-state index >= 15 is 0 Å². The van der Waals surface area contributed by atoms with Crippen molar-refractivity contribution in [2.45, 2.75) is 25.2 Å². The van der Waals surface area contributed by atoms with Gasteiger partial charge in [-0.3, -0.25) is 14.6 Å². The highest BCUT2D eigenvalue weighted by atomic mass is 19.1. The van der Waals surface area contributed by atoms with Gasteiger partial charge in [-0.15, -0.1) is 0 Å². The third-order valence-corrected chi connectivity index (χ3v) is 6.06. The Hall–Kier alpha value is -3.30. The number of benzene rings is 2. The Kier molecular flexibility index (Phi) is 7.31. The molecular weight excluding hydrogens is 421 g/mol. The number of fused-ring (bicyclic) bond motifs is 2. The minimum atomic E-state index is -0.489. The SMILES string of the molecule is N#Cc1ccc(CCN2CC3CN(CC(=O)NCc4ccc(C#N)cc4F)CC(C2)O3)cc1. The first-order chi connectivity index (χ1) is 16.0. The molecule has 2 aliphatic rings. The second-order valence-corrected chi connectivity index (χ2v) is 8.59. The predicted molar refractivity (Wildman–Crippen MR) is 119 cm³/mol. The fraction of sp³-hybridized carbons (Fsp3) is 0.400. The van der Waals surface area contributed by atoms with Crippen LogP contribution in [0.4, 0.5) is 4.39 Å². The smallest absolute Gasteiger partial charge is 0.234 e. The van der Waals surface area contributed by atoms with E-state index in [0.29, 0.717) is 24.2 Å². The molecule has 0 spiro atoms. The van der Waals surface area contributed by atoms with Gasteiger partial charge in [0.25, 0.3) is 0 Å². The molecular formula is C25H26FN5O2. The quantitative estimate of drug-likeness (QED) is 0.696. The van der Waals surface area contributed by atoms with Gasteiger partial charge in [-0.05, 0) is 36.2 Å². The zero-order valence-corrected chi connectivity index (χ0v) is 18.3. The molecule has 0 aromatic heterocycles. The monoisotopic (exact) mass is 447 g/mol. The molecule has 2 unspecified atom stereocenters. The van der Waals surface area contributed by atoms with Crippen LogP contribution in [0.5, 0.6) is 0 Å².